The maximum absolute atomic E-state index is 12.7. The van der Waals surface area contributed by atoms with Gasteiger partial charge in [0, 0.05) is 24.6 Å². The number of benzene rings is 2. The van der Waals surface area contributed by atoms with Gasteiger partial charge < -0.3 is 21.1 Å². The topological polar surface area (TPSA) is 111 Å². The van der Waals surface area contributed by atoms with Gasteiger partial charge in [0.25, 0.3) is 11.8 Å². The van der Waals surface area contributed by atoms with Crippen molar-refractivity contribution in [2.75, 3.05) is 5.32 Å². The van der Waals surface area contributed by atoms with Gasteiger partial charge in [-0.05, 0) is 56.0 Å². The van der Waals surface area contributed by atoms with Gasteiger partial charge >= 0.3 is 5.97 Å². The molecule has 7 nitrogen and oxygen atoms in total. The SMILES string of the molecule is CC(=O)Oc1ccccc1C(=O)Nc1cc(C(=O)NC2CCC(N)CC2)ccc1Cl. The lowest BCUT2D eigenvalue weighted by molar-refractivity contribution is -0.131. The van der Waals surface area contributed by atoms with Gasteiger partial charge in [-0.25, -0.2) is 0 Å². The number of nitrogens with one attached hydrogen (secondary N) is 2. The molecule has 0 saturated heterocycles. The first kappa shape index (κ1) is 21.8. The molecular weight excluding hydrogens is 406 g/mol. The molecule has 1 saturated carbocycles. The predicted octanol–water partition coefficient (Wildman–Crippen LogP) is 3.52. The zero-order chi connectivity index (χ0) is 21.7. The van der Waals surface area contributed by atoms with Gasteiger partial charge in [-0.3, -0.25) is 14.4 Å². The van der Waals surface area contributed by atoms with Gasteiger partial charge in [0.2, 0.25) is 0 Å². The Labute approximate surface area is 179 Å². The van der Waals surface area contributed by atoms with E-state index in [4.69, 9.17) is 22.1 Å². The Morgan fingerprint density at radius 3 is 2.43 bits per heavy atom. The molecule has 0 atom stereocenters. The van der Waals surface area contributed by atoms with Gasteiger partial charge in [0.1, 0.15) is 5.75 Å². The van der Waals surface area contributed by atoms with Crippen molar-refractivity contribution in [1.82, 2.24) is 5.32 Å². The second kappa shape index (κ2) is 9.73. The van der Waals surface area contributed by atoms with Gasteiger partial charge in [-0.15, -0.1) is 0 Å². The molecule has 2 aromatic rings. The van der Waals surface area contributed by atoms with E-state index in [0.717, 1.165) is 25.7 Å². The van der Waals surface area contributed by atoms with E-state index in [1.807, 2.05) is 0 Å². The number of rotatable bonds is 5. The smallest absolute Gasteiger partial charge is 0.308 e. The molecule has 1 fully saturated rings. The van der Waals surface area contributed by atoms with Gasteiger partial charge in [-0.2, -0.15) is 0 Å². The number of carbonyl (C=O) groups excluding carboxylic acids is 3. The summed E-state index contributed by atoms with van der Waals surface area (Å²) in [5.41, 5.74) is 6.77. The van der Waals surface area contributed by atoms with Crippen molar-refractivity contribution in [1.29, 1.82) is 0 Å². The Balaban J connectivity index is 1.73. The Hall–Kier alpha value is -2.90. The lowest BCUT2D eigenvalue weighted by atomic mass is 9.91. The number of para-hydroxylation sites is 1. The van der Waals surface area contributed by atoms with Crippen LogP contribution in [0.2, 0.25) is 5.02 Å². The quantitative estimate of drug-likeness (QED) is 0.497. The fraction of sp³-hybridized carbons (Fsp3) is 0.318. The van der Waals surface area contributed by atoms with Crippen LogP contribution >= 0.6 is 11.6 Å². The van der Waals surface area contributed by atoms with E-state index in [0.29, 0.717) is 5.56 Å². The Bertz CT molecular complexity index is 955. The number of carbonyl (C=O) groups is 3. The molecule has 0 unspecified atom stereocenters. The van der Waals surface area contributed by atoms with Crippen LogP contribution in [0.25, 0.3) is 0 Å². The minimum Gasteiger partial charge on any atom is -0.426 e. The van der Waals surface area contributed by atoms with Crippen molar-refractivity contribution < 1.29 is 19.1 Å². The Morgan fingerprint density at radius 2 is 1.73 bits per heavy atom. The molecule has 8 heteroatoms. The van der Waals surface area contributed by atoms with E-state index >= 15 is 0 Å². The summed E-state index contributed by atoms with van der Waals surface area (Å²) in [5.74, 6) is -1.13. The lowest BCUT2D eigenvalue weighted by Crippen LogP contribution is -2.40. The van der Waals surface area contributed by atoms with Crippen LogP contribution in [0.15, 0.2) is 42.5 Å². The second-order valence-electron chi connectivity index (χ2n) is 7.32. The van der Waals surface area contributed by atoms with Crippen molar-refractivity contribution in [3.63, 3.8) is 0 Å². The van der Waals surface area contributed by atoms with Crippen LogP contribution in [0.4, 0.5) is 5.69 Å². The van der Waals surface area contributed by atoms with E-state index < -0.39 is 11.9 Å². The average molecular weight is 430 g/mol. The number of halogens is 1. The molecule has 0 bridgehead atoms. The summed E-state index contributed by atoms with van der Waals surface area (Å²) in [6.45, 7) is 1.26. The van der Waals surface area contributed by atoms with Crippen molar-refractivity contribution in [3.05, 3.63) is 58.6 Å². The highest BCUT2D eigenvalue weighted by atomic mass is 35.5. The normalized spacial score (nSPS) is 18.4. The summed E-state index contributed by atoms with van der Waals surface area (Å²) >= 11 is 6.22. The van der Waals surface area contributed by atoms with Crippen LogP contribution in [0.5, 0.6) is 5.75 Å². The molecule has 30 heavy (non-hydrogen) atoms. The molecular formula is C22H24ClN3O4. The van der Waals surface area contributed by atoms with E-state index in [1.165, 1.54) is 25.1 Å². The highest BCUT2D eigenvalue weighted by Crippen LogP contribution is 2.26. The van der Waals surface area contributed by atoms with Crippen molar-refractivity contribution in [3.8, 4) is 5.75 Å². The first-order valence-corrected chi connectivity index (χ1v) is 10.2. The number of hydrogen-bond donors (Lipinski definition) is 3. The molecule has 158 valence electrons. The average Bonchev–Trinajstić information content (AvgIpc) is 2.71. The minimum absolute atomic E-state index is 0.0848. The summed E-state index contributed by atoms with van der Waals surface area (Å²) in [6.07, 6.45) is 3.46. The molecule has 1 aliphatic carbocycles. The molecule has 0 aromatic heterocycles. The fourth-order valence-corrected chi connectivity index (χ4v) is 3.55. The number of nitrogens with two attached hydrogens (primary N) is 1. The molecule has 0 aliphatic heterocycles. The van der Waals surface area contributed by atoms with Crippen LogP contribution in [0.1, 0.15) is 53.3 Å². The van der Waals surface area contributed by atoms with Crippen LogP contribution in [-0.4, -0.2) is 29.9 Å². The molecule has 4 N–H and O–H groups in total. The largest absolute Gasteiger partial charge is 0.426 e. The summed E-state index contributed by atoms with van der Waals surface area (Å²) in [7, 11) is 0. The Morgan fingerprint density at radius 1 is 1.03 bits per heavy atom. The van der Waals surface area contributed by atoms with E-state index in [9.17, 15) is 14.4 Å². The Kier molecular flexibility index (Phi) is 7.07. The van der Waals surface area contributed by atoms with Gasteiger partial charge in [0.05, 0.1) is 16.3 Å². The van der Waals surface area contributed by atoms with Crippen LogP contribution < -0.4 is 21.1 Å². The molecule has 2 amide bonds. The predicted molar refractivity (Wildman–Crippen MR) is 115 cm³/mol. The highest BCUT2D eigenvalue weighted by Gasteiger charge is 2.21. The van der Waals surface area contributed by atoms with E-state index in [2.05, 4.69) is 10.6 Å². The van der Waals surface area contributed by atoms with Crippen LogP contribution in [0.3, 0.4) is 0 Å². The van der Waals surface area contributed by atoms with Crippen molar-refractivity contribution in [2.45, 2.75) is 44.7 Å². The molecule has 1 aliphatic rings. The number of ether oxygens (including phenoxy) is 1. The van der Waals surface area contributed by atoms with Crippen molar-refractivity contribution >= 4 is 35.1 Å². The third kappa shape index (κ3) is 5.58. The maximum Gasteiger partial charge on any atom is 0.308 e. The fourth-order valence-electron chi connectivity index (χ4n) is 3.38. The lowest BCUT2D eigenvalue weighted by Gasteiger charge is -2.26. The first-order chi connectivity index (χ1) is 14.3. The van der Waals surface area contributed by atoms with E-state index in [1.54, 1.807) is 24.3 Å². The number of amides is 2. The van der Waals surface area contributed by atoms with Crippen molar-refractivity contribution in [2.24, 2.45) is 5.73 Å². The standard InChI is InChI=1S/C22H24ClN3O4/c1-13(27)30-20-5-3-2-4-17(20)22(29)26-19-12-14(6-11-18(19)23)21(28)25-16-9-7-15(24)8-10-16/h2-6,11-12,15-16H,7-10,24H2,1H3,(H,25,28)(H,26,29). The molecule has 2 aromatic carbocycles. The third-order valence-corrected chi connectivity index (χ3v) is 5.30. The highest BCUT2D eigenvalue weighted by molar-refractivity contribution is 6.34. The van der Waals surface area contributed by atoms with Gasteiger partial charge in [-0.1, -0.05) is 23.7 Å². The number of esters is 1. The summed E-state index contributed by atoms with van der Waals surface area (Å²) in [4.78, 5) is 36.6. The van der Waals surface area contributed by atoms with Crippen LogP contribution in [-0.2, 0) is 4.79 Å². The monoisotopic (exact) mass is 429 g/mol. The number of hydrogen-bond acceptors (Lipinski definition) is 5. The van der Waals surface area contributed by atoms with E-state index in [-0.39, 0.29) is 40.0 Å². The minimum atomic E-state index is -0.532. The maximum atomic E-state index is 12.7. The molecule has 0 radical (unpaired) electrons. The zero-order valence-electron chi connectivity index (χ0n) is 16.6. The third-order valence-electron chi connectivity index (χ3n) is 4.97. The second-order valence-corrected chi connectivity index (χ2v) is 7.73. The molecule has 0 heterocycles. The summed E-state index contributed by atoms with van der Waals surface area (Å²) in [5, 5.41) is 5.98. The molecule has 3 rings (SSSR count). The first-order valence-electron chi connectivity index (χ1n) is 9.78. The summed E-state index contributed by atoms with van der Waals surface area (Å²) in [6, 6.07) is 11.3. The zero-order valence-corrected chi connectivity index (χ0v) is 17.4. The van der Waals surface area contributed by atoms with Gasteiger partial charge in [0.15, 0.2) is 0 Å². The molecule has 0 spiro atoms. The van der Waals surface area contributed by atoms with Crippen LogP contribution in [0, 0.1) is 0 Å². The number of anilines is 1. The summed E-state index contributed by atoms with van der Waals surface area (Å²) < 4.78 is 5.08.